The van der Waals surface area contributed by atoms with E-state index >= 15 is 0 Å². The molecule has 0 unspecified atom stereocenters. The van der Waals surface area contributed by atoms with Crippen LogP contribution in [0.5, 0.6) is 0 Å². The zero-order valence-corrected chi connectivity index (χ0v) is 14.3. The van der Waals surface area contributed by atoms with Crippen molar-refractivity contribution in [2.45, 2.75) is 32.9 Å². The molecule has 0 aliphatic rings. The van der Waals surface area contributed by atoms with Crippen molar-refractivity contribution in [2.24, 2.45) is 5.92 Å². The summed E-state index contributed by atoms with van der Waals surface area (Å²) in [5.41, 5.74) is 2.02. The quantitative estimate of drug-likeness (QED) is 0.800. The van der Waals surface area contributed by atoms with Crippen LogP contribution in [0.2, 0.25) is 0 Å². The largest absolute Gasteiger partial charge is 0.349 e. The highest BCUT2D eigenvalue weighted by Crippen LogP contribution is 2.14. The second-order valence-electron chi connectivity index (χ2n) is 6.00. The minimum absolute atomic E-state index is 0.138. The predicted octanol–water partition coefficient (Wildman–Crippen LogP) is 3.38. The van der Waals surface area contributed by atoms with Gasteiger partial charge in [-0.15, -0.1) is 0 Å². The molecule has 126 valence electrons. The highest BCUT2D eigenvalue weighted by molar-refractivity contribution is 6.00. The molecule has 2 aromatic rings. The van der Waals surface area contributed by atoms with Crippen LogP contribution in [-0.2, 0) is 9.59 Å². The van der Waals surface area contributed by atoms with Gasteiger partial charge >= 0.3 is 0 Å². The van der Waals surface area contributed by atoms with E-state index in [1.54, 1.807) is 6.92 Å². The third-order valence-corrected chi connectivity index (χ3v) is 4.10. The molecule has 0 radical (unpaired) electrons. The van der Waals surface area contributed by atoms with E-state index in [2.05, 4.69) is 10.6 Å². The maximum atomic E-state index is 12.3. The number of carbonyl (C=O) groups excluding carboxylic acids is 2. The van der Waals surface area contributed by atoms with Crippen LogP contribution in [0.3, 0.4) is 0 Å². The molecule has 0 aromatic heterocycles. The summed E-state index contributed by atoms with van der Waals surface area (Å²) >= 11 is 0. The fourth-order valence-corrected chi connectivity index (χ4v) is 2.45. The van der Waals surface area contributed by atoms with E-state index in [9.17, 15) is 9.59 Å². The van der Waals surface area contributed by atoms with Gasteiger partial charge < -0.3 is 10.6 Å². The Hall–Kier alpha value is -2.62. The predicted molar refractivity (Wildman–Crippen MR) is 95.2 cm³/mol. The third kappa shape index (κ3) is 4.69. The van der Waals surface area contributed by atoms with Gasteiger partial charge in [0.2, 0.25) is 11.8 Å². The lowest BCUT2D eigenvalue weighted by Crippen LogP contribution is -2.41. The third-order valence-electron chi connectivity index (χ3n) is 4.10. The molecule has 24 heavy (non-hydrogen) atoms. The molecule has 0 aliphatic carbocycles. The number of carbonyl (C=O) groups is 2. The van der Waals surface area contributed by atoms with Gasteiger partial charge in [-0.1, -0.05) is 60.7 Å². The summed E-state index contributed by atoms with van der Waals surface area (Å²) in [6.07, 6.45) is 0. The Kier molecular flexibility index (Phi) is 6.13. The van der Waals surface area contributed by atoms with Gasteiger partial charge in [-0.2, -0.15) is 0 Å². The monoisotopic (exact) mass is 324 g/mol. The van der Waals surface area contributed by atoms with E-state index in [0.29, 0.717) is 0 Å². The van der Waals surface area contributed by atoms with Gasteiger partial charge in [-0.3, -0.25) is 9.59 Å². The van der Waals surface area contributed by atoms with Crippen molar-refractivity contribution in [1.82, 2.24) is 10.6 Å². The lowest BCUT2D eigenvalue weighted by atomic mass is 10.0. The molecule has 0 fully saturated rings. The van der Waals surface area contributed by atoms with E-state index in [1.807, 2.05) is 74.5 Å². The van der Waals surface area contributed by atoms with Crippen LogP contribution in [0, 0.1) is 5.92 Å². The molecule has 2 atom stereocenters. The van der Waals surface area contributed by atoms with Crippen molar-refractivity contribution in [3.05, 3.63) is 71.8 Å². The second kappa shape index (κ2) is 8.29. The molecule has 2 aromatic carbocycles. The molecule has 4 heteroatoms. The van der Waals surface area contributed by atoms with Gasteiger partial charge in [0.25, 0.3) is 0 Å². The topological polar surface area (TPSA) is 58.2 Å². The van der Waals surface area contributed by atoms with Gasteiger partial charge in [-0.05, 0) is 31.9 Å². The zero-order valence-electron chi connectivity index (χ0n) is 14.3. The summed E-state index contributed by atoms with van der Waals surface area (Å²) in [5, 5.41) is 5.78. The van der Waals surface area contributed by atoms with Gasteiger partial charge in [0.05, 0.1) is 12.1 Å². The molecule has 4 nitrogen and oxygen atoms in total. The smallest absolute Gasteiger partial charge is 0.232 e. The van der Waals surface area contributed by atoms with Crippen LogP contribution in [0.25, 0.3) is 0 Å². The average Bonchev–Trinajstić information content (AvgIpc) is 2.62. The molecule has 2 N–H and O–H groups in total. The molecule has 2 rings (SSSR count). The van der Waals surface area contributed by atoms with E-state index < -0.39 is 5.92 Å². The van der Waals surface area contributed by atoms with Crippen LogP contribution >= 0.6 is 0 Å². The molecule has 0 saturated heterocycles. The van der Waals surface area contributed by atoms with E-state index in [-0.39, 0.29) is 23.9 Å². The van der Waals surface area contributed by atoms with E-state index in [4.69, 9.17) is 0 Å². The molecule has 0 bridgehead atoms. The first kappa shape index (κ1) is 17.7. The van der Waals surface area contributed by atoms with Crippen LogP contribution in [0.15, 0.2) is 60.7 Å². The number of benzene rings is 2. The van der Waals surface area contributed by atoms with Crippen molar-refractivity contribution in [3.63, 3.8) is 0 Å². The van der Waals surface area contributed by atoms with E-state index in [0.717, 1.165) is 11.1 Å². The summed E-state index contributed by atoms with van der Waals surface area (Å²) in [7, 11) is 0. The highest BCUT2D eigenvalue weighted by atomic mass is 16.2. The normalized spacial score (nSPS) is 13.2. The Morgan fingerprint density at radius 1 is 0.667 bits per heavy atom. The number of amides is 2. The number of hydrogen-bond acceptors (Lipinski definition) is 2. The standard InChI is InChI=1S/C20H24N2O2/c1-14(19(23)21-15(2)17-10-6-4-7-11-17)20(24)22-16(3)18-12-8-5-9-13-18/h4-16H,1-3H3,(H,21,23)(H,22,24)/t15-,16-/m0/s1. The summed E-state index contributed by atoms with van der Waals surface area (Å²) in [5.74, 6) is -1.30. The van der Waals surface area contributed by atoms with Gasteiger partial charge in [0.1, 0.15) is 5.92 Å². The van der Waals surface area contributed by atoms with Crippen molar-refractivity contribution >= 4 is 11.8 Å². The lowest BCUT2D eigenvalue weighted by Gasteiger charge is -2.20. The van der Waals surface area contributed by atoms with Crippen molar-refractivity contribution in [2.75, 3.05) is 0 Å². The molecule has 0 spiro atoms. The first-order valence-corrected chi connectivity index (χ1v) is 8.19. The first-order chi connectivity index (χ1) is 11.5. The Bertz CT molecular complexity index is 611. The molecule has 0 aliphatic heterocycles. The Labute approximate surface area is 143 Å². The summed E-state index contributed by atoms with van der Waals surface area (Å²) in [4.78, 5) is 24.6. The number of nitrogens with one attached hydrogen (secondary N) is 2. The van der Waals surface area contributed by atoms with Crippen molar-refractivity contribution in [1.29, 1.82) is 0 Å². The first-order valence-electron chi connectivity index (χ1n) is 8.19. The van der Waals surface area contributed by atoms with Gasteiger partial charge in [0.15, 0.2) is 0 Å². The molecule has 2 amide bonds. The zero-order chi connectivity index (χ0) is 17.5. The lowest BCUT2D eigenvalue weighted by molar-refractivity contribution is -0.135. The fourth-order valence-electron chi connectivity index (χ4n) is 2.45. The second-order valence-corrected chi connectivity index (χ2v) is 6.00. The Morgan fingerprint density at radius 3 is 1.33 bits per heavy atom. The minimum Gasteiger partial charge on any atom is -0.349 e. The fraction of sp³-hybridized carbons (Fsp3) is 0.300. The maximum Gasteiger partial charge on any atom is 0.232 e. The Morgan fingerprint density at radius 2 is 1.00 bits per heavy atom. The number of hydrogen-bond donors (Lipinski definition) is 2. The summed E-state index contributed by atoms with van der Waals surface area (Å²) in [6, 6.07) is 19.1. The van der Waals surface area contributed by atoms with Crippen LogP contribution in [-0.4, -0.2) is 11.8 Å². The molecule has 0 saturated carbocycles. The molecular weight excluding hydrogens is 300 g/mol. The minimum atomic E-state index is -0.748. The van der Waals surface area contributed by atoms with Crippen LogP contribution in [0.4, 0.5) is 0 Å². The van der Waals surface area contributed by atoms with Crippen LogP contribution < -0.4 is 10.6 Å². The van der Waals surface area contributed by atoms with Gasteiger partial charge in [0, 0.05) is 0 Å². The van der Waals surface area contributed by atoms with Gasteiger partial charge in [-0.25, -0.2) is 0 Å². The number of rotatable bonds is 6. The summed E-state index contributed by atoms with van der Waals surface area (Å²) in [6.45, 7) is 5.44. The van der Waals surface area contributed by atoms with Crippen molar-refractivity contribution < 1.29 is 9.59 Å². The van der Waals surface area contributed by atoms with E-state index in [1.165, 1.54) is 0 Å². The summed E-state index contributed by atoms with van der Waals surface area (Å²) < 4.78 is 0. The Balaban J connectivity index is 1.91. The molecule has 0 heterocycles. The molecular formula is C20H24N2O2. The highest BCUT2D eigenvalue weighted by Gasteiger charge is 2.24. The van der Waals surface area contributed by atoms with Crippen molar-refractivity contribution in [3.8, 4) is 0 Å². The maximum absolute atomic E-state index is 12.3. The average molecular weight is 324 g/mol. The van der Waals surface area contributed by atoms with Crippen LogP contribution in [0.1, 0.15) is 44.0 Å². The SMILES string of the molecule is CC(C(=O)N[C@@H](C)c1ccccc1)C(=O)N[C@@H](C)c1ccccc1.